The average Bonchev–Trinajstić information content (AvgIpc) is 2.39. The maximum absolute atomic E-state index is 6.05. The molecule has 17 heavy (non-hydrogen) atoms. The number of rotatable bonds is 4. The standard InChI is InChI=1S/C15H22O2/c1-3-12-6-4-8-14(10-12)17-15-9-5-7-13(11-15)16-2/h4,6,8,10,13,15H,3,5,7,9,11H2,1-2H3. The lowest BCUT2D eigenvalue weighted by atomic mass is 9.95. The fourth-order valence-corrected chi connectivity index (χ4v) is 2.45. The molecule has 2 unspecified atom stereocenters. The number of benzene rings is 1. The number of methoxy groups -OCH3 is 1. The quantitative estimate of drug-likeness (QED) is 0.792. The van der Waals surface area contributed by atoms with Crippen LogP contribution >= 0.6 is 0 Å². The first-order chi connectivity index (χ1) is 8.31. The molecule has 1 aliphatic carbocycles. The summed E-state index contributed by atoms with van der Waals surface area (Å²) >= 11 is 0. The van der Waals surface area contributed by atoms with Crippen LogP contribution in [0.2, 0.25) is 0 Å². The Morgan fingerprint density at radius 3 is 2.82 bits per heavy atom. The molecule has 2 nitrogen and oxygen atoms in total. The van der Waals surface area contributed by atoms with Gasteiger partial charge in [0.05, 0.1) is 6.10 Å². The predicted octanol–water partition coefficient (Wildman–Crippen LogP) is 3.59. The normalized spacial score (nSPS) is 24.6. The van der Waals surface area contributed by atoms with E-state index in [1.165, 1.54) is 18.4 Å². The fraction of sp³-hybridized carbons (Fsp3) is 0.600. The first-order valence-corrected chi connectivity index (χ1v) is 6.60. The van der Waals surface area contributed by atoms with Gasteiger partial charge in [-0.05, 0) is 43.4 Å². The van der Waals surface area contributed by atoms with Crippen molar-refractivity contribution in [3.63, 3.8) is 0 Å². The summed E-state index contributed by atoms with van der Waals surface area (Å²) in [6.07, 6.45) is 6.30. The van der Waals surface area contributed by atoms with Gasteiger partial charge in [0.25, 0.3) is 0 Å². The van der Waals surface area contributed by atoms with Gasteiger partial charge in [0.1, 0.15) is 11.9 Å². The first kappa shape index (κ1) is 12.4. The second kappa shape index (κ2) is 6.06. The van der Waals surface area contributed by atoms with E-state index >= 15 is 0 Å². The Labute approximate surface area is 104 Å². The van der Waals surface area contributed by atoms with E-state index < -0.39 is 0 Å². The molecule has 0 bridgehead atoms. The van der Waals surface area contributed by atoms with Crippen LogP contribution in [-0.2, 0) is 11.2 Å². The minimum absolute atomic E-state index is 0.320. The molecule has 0 N–H and O–H groups in total. The van der Waals surface area contributed by atoms with E-state index in [9.17, 15) is 0 Å². The van der Waals surface area contributed by atoms with E-state index in [0.29, 0.717) is 12.2 Å². The van der Waals surface area contributed by atoms with E-state index in [1.54, 1.807) is 7.11 Å². The third kappa shape index (κ3) is 3.47. The minimum atomic E-state index is 0.320. The van der Waals surface area contributed by atoms with Crippen LogP contribution in [0.1, 0.15) is 38.2 Å². The van der Waals surface area contributed by atoms with Crippen LogP contribution in [0.15, 0.2) is 24.3 Å². The predicted molar refractivity (Wildman–Crippen MR) is 69.5 cm³/mol. The third-order valence-electron chi connectivity index (χ3n) is 3.52. The third-order valence-corrected chi connectivity index (χ3v) is 3.52. The van der Waals surface area contributed by atoms with Crippen molar-refractivity contribution >= 4 is 0 Å². The highest BCUT2D eigenvalue weighted by Crippen LogP contribution is 2.25. The van der Waals surface area contributed by atoms with Crippen molar-refractivity contribution in [2.75, 3.05) is 7.11 Å². The molecule has 2 rings (SSSR count). The van der Waals surface area contributed by atoms with Gasteiger partial charge in [-0.15, -0.1) is 0 Å². The molecule has 0 heterocycles. The Morgan fingerprint density at radius 2 is 2.06 bits per heavy atom. The first-order valence-electron chi connectivity index (χ1n) is 6.60. The second-order valence-electron chi connectivity index (χ2n) is 4.77. The molecule has 1 aliphatic rings. The van der Waals surface area contributed by atoms with Gasteiger partial charge in [-0.3, -0.25) is 0 Å². The molecule has 0 aromatic heterocycles. The van der Waals surface area contributed by atoms with Crippen LogP contribution in [0.4, 0.5) is 0 Å². The van der Waals surface area contributed by atoms with Crippen molar-refractivity contribution in [1.82, 2.24) is 0 Å². The summed E-state index contributed by atoms with van der Waals surface area (Å²) in [5.41, 5.74) is 1.33. The molecule has 0 spiro atoms. The van der Waals surface area contributed by atoms with Crippen LogP contribution in [0, 0.1) is 0 Å². The highest BCUT2D eigenvalue weighted by molar-refractivity contribution is 5.28. The van der Waals surface area contributed by atoms with Crippen molar-refractivity contribution < 1.29 is 9.47 Å². The van der Waals surface area contributed by atoms with Crippen molar-refractivity contribution in [1.29, 1.82) is 0 Å². The number of hydrogen-bond donors (Lipinski definition) is 0. The molecule has 0 saturated heterocycles. The molecule has 2 atom stereocenters. The zero-order chi connectivity index (χ0) is 12.1. The molecule has 1 aromatic rings. The summed E-state index contributed by atoms with van der Waals surface area (Å²) in [5, 5.41) is 0. The molecule has 1 aromatic carbocycles. The van der Waals surface area contributed by atoms with Crippen LogP contribution in [0.3, 0.4) is 0 Å². The van der Waals surface area contributed by atoms with Gasteiger partial charge >= 0.3 is 0 Å². The summed E-state index contributed by atoms with van der Waals surface area (Å²) < 4.78 is 11.5. The maximum atomic E-state index is 6.05. The Hall–Kier alpha value is -1.02. The molecule has 1 fully saturated rings. The number of hydrogen-bond acceptors (Lipinski definition) is 2. The smallest absolute Gasteiger partial charge is 0.119 e. The second-order valence-corrected chi connectivity index (χ2v) is 4.77. The SMILES string of the molecule is CCc1cccc(OC2CCCC(OC)C2)c1. The van der Waals surface area contributed by atoms with Gasteiger partial charge in [-0.2, -0.15) is 0 Å². The van der Waals surface area contributed by atoms with Gasteiger partial charge < -0.3 is 9.47 Å². The van der Waals surface area contributed by atoms with Crippen LogP contribution in [0.5, 0.6) is 5.75 Å². The van der Waals surface area contributed by atoms with E-state index in [0.717, 1.165) is 25.0 Å². The minimum Gasteiger partial charge on any atom is -0.490 e. The maximum Gasteiger partial charge on any atom is 0.119 e. The Balaban J connectivity index is 1.95. The van der Waals surface area contributed by atoms with Crippen molar-refractivity contribution in [3.05, 3.63) is 29.8 Å². The number of aryl methyl sites for hydroxylation is 1. The van der Waals surface area contributed by atoms with Gasteiger partial charge in [-0.25, -0.2) is 0 Å². The zero-order valence-electron chi connectivity index (χ0n) is 10.8. The lowest BCUT2D eigenvalue weighted by molar-refractivity contribution is 0.0209. The van der Waals surface area contributed by atoms with Crippen molar-refractivity contribution in [3.8, 4) is 5.75 Å². The topological polar surface area (TPSA) is 18.5 Å². The van der Waals surface area contributed by atoms with Crippen LogP contribution in [-0.4, -0.2) is 19.3 Å². The molecule has 0 aliphatic heterocycles. The van der Waals surface area contributed by atoms with Gasteiger partial charge in [0.2, 0.25) is 0 Å². The van der Waals surface area contributed by atoms with E-state index in [1.807, 2.05) is 0 Å². The highest BCUT2D eigenvalue weighted by atomic mass is 16.5. The van der Waals surface area contributed by atoms with E-state index in [4.69, 9.17) is 9.47 Å². The fourth-order valence-electron chi connectivity index (χ4n) is 2.45. The Morgan fingerprint density at radius 1 is 1.24 bits per heavy atom. The molecular weight excluding hydrogens is 212 g/mol. The Bertz CT molecular complexity index is 349. The summed E-state index contributed by atoms with van der Waals surface area (Å²) in [7, 11) is 1.80. The lowest BCUT2D eigenvalue weighted by Gasteiger charge is -2.28. The summed E-state index contributed by atoms with van der Waals surface area (Å²) in [6, 6.07) is 8.42. The molecule has 0 radical (unpaired) electrons. The van der Waals surface area contributed by atoms with Crippen LogP contribution in [0.25, 0.3) is 0 Å². The summed E-state index contributed by atoms with van der Waals surface area (Å²) in [6.45, 7) is 2.17. The van der Waals surface area contributed by atoms with Crippen molar-refractivity contribution in [2.45, 2.75) is 51.2 Å². The Kier molecular flexibility index (Phi) is 4.43. The average molecular weight is 234 g/mol. The zero-order valence-corrected chi connectivity index (χ0v) is 10.8. The van der Waals surface area contributed by atoms with E-state index in [2.05, 4.69) is 31.2 Å². The molecule has 0 amide bonds. The lowest BCUT2D eigenvalue weighted by Crippen LogP contribution is -2.29. The van der Waals surface area contributed by atoms with Gasteiger partial charge in [0.15, 0.2) is 0 Å². The highest BCUT2D eigenvalue weighted by Gasteiger charge is 2.22. The molecule has 2 heteroatoms. The summed E-state index contributed by atoms with van der Waals surface area (Å²) in [4.78, 5) is 0. The molecular formula is C15H22O2. The van der Waals surface area contributed by atoms with Gasteiger partial charge in [-0.1, -0.05) is 19.1 Å². The van der Waals surface area contributed by atoms with Gasteiger partial charge in [0, 0.05) is 13.5 Å². The monoisotopic (exact) mass is 234 g/mol. The van der Waals surface area contributed by atoms with Crippen molar-refractivity contribution in [2.24, 2.45) is 0 Å². The summed E-state index contributed by atoms with van der Waals surface area (Å²) in [5.74, 6) is 1.01. The molecule has 1 saturated carbocycles. The molecule has 94 valence electrons. The largest absolute Gasteiger partial charge is 0.490 e. The number of ether oxygens (including phenoxy) is 2. The van der Waals surface area contributed by atoms with Crippen LogP contribution < -0.4 is 4.74 Å². The van der Waals surface area contributed by atoms with E-state index in [-0.39, 0.29) is 0 Å².